The fourth-order valence-electron chi connectivity index (χ4n) is 3.36. The number of amides is 1. The van der Waals surface area contributed by atoms with Gasteiger partial charge in [-0.15, -0.1) is 0 Å². The van der Waals surface area contributed by atoms with Gasteiger partial charge in [0, 0.05) is 18.7 Å². The molecule has 2 aromatic rings. The maximum absolute atomic E-state index is 12.9. The predicted octanol–water partition coefficient (Wildman–Crippen LogP) is 2.98. The Morgan fingerprint density at radius 2 is 1.61 bits per heavy atom. The summed E-state index contributed by atoms with van der Waals surface area (Å²) < 4.78 is 32.8. The summed E-state index contributed by atoms with van der Waals surface area (Å²) >= 11 is 0. The normalized spacial score (nSPS) is 21.8. The summed E-state index contributed by atoms with van der Waals surface area (Å²) in [5.41, 5.74) is 1.43. The molecule has 0 aromatic heterocycles. The first-order chi connectivity index (χ1) is 13.3. The number of hydrogen-bond acceptors (Lipinski definition) is 4. The predicted molar refractivity (Wildman–Crippen MR) is 108 cm³/mol. The third-order valence-electron chi connectivity index (χ3n) is 4.79. The van der Waals surface area contributed by atoms with Gasteiger partial charge in [-0.1, -0.05) is 30.3 Å². The lowest BCUT2D eigenvalue weighted by Gasteiger charge is -2.34. The highest BCUT2D eigenvalue weighted by atomic mass is 32.2. The fraction of sp³-hybridized carbons (Fsp3) is 0.381. The van der Waals surface area contributed by atoms with Crippen molar-refractivity contribution < 1.29 is 17.9 Å². The third-order valence-corrected chi connectivity index (χ3v) is 6.63. The lowest BCUT2D eigenvalue weighted by atomic mass is 10.1. The molecule has 1 heterocycles. The molecule has 0 unspecified atom stereocenters. The number of morpholine rings is 1. The number of benzene rings is 2. The van der Waals surface area contributed by atoms with E-state index in [1.54, 1.807) is 12.1 Å². The number of rotatable bonds is 5. The van der Waals surface area contributed by atoms with Crippen molar-refractivity contribution >= 4 is 15.9 Å². The molecule has 0 saturated carbocycles. The van der Waals surface area contributed by atoms with Crippen LogP contribution in [0.3, 0.4) is 0 Å². The summed E-state index contributed by atoms with van der Waals surface area (Å²) in [6.45, 7) is 6.28. The fourth-order valence-corrected chi connectivity index (χ4v) is 4.95. The third kappa shape index (κ3) is 4.60. The topological polar surface area (TPSA) is 75.7 Å². The minimum absolute atomic E-state index is 0.145. The first-order valence-electron chi connectivity index (χ1n) is 9.39. The number of nitrogens with one attached hydrogen (secondary N) is 1. The van der Waals surface area contributed by atoms with E-state index >= 15 is 0 Å². The number of carbonyl (C=O) groups excluding carboxylic acids is 1. The zero-order valence-corrected chi connectivity index (χ0v) is 17.1. The van der Waals surface area contributed by atoms with E-state index in [0.717, 1.165) is 5.56 Å². The Bertz CT molecular complexity index is 903. The van der Waals surface area contributed by atoms with Gasteiger partial charge in [-0.05, 0) is 50.6 Å². The van der Waals surface area contributed by atoms with E-state index in [1.165, 1.54) is 16.4 Å². The zero-order chi connectivity index (χ0) is 20.3. The Labute approximate surface area is 166 Å². The Hall–Kier alpha value is -2.22. The molecule has 3 rings (SSSR count). The monoisotopic (exact) mass is 402 g/mol. The molecule has 0 aliphatic carbocycles. The van der Waals surface area contributed by atoms with Gasteiger partial charge in [-0.25, -0.2) is 8.42 Å². The van der Waals surface area contributed by atoms with Crippen LogP contribution in [-0.4, -0.2) is 43.9 Å². The van der Waals surface area contributed by atoms with E-state index in [0.29, 0.717) is 18.7 Å². The molecule has 7 heteroatoms. The molecule has 28 heavy (non-hydrogen) atoms. The maximum Gasteiger partial charge on any atom is 0.251 e. The largest absolute Gasteiger partial charge is 0.373 e. The molecule has 150 valence electrons. The minimum Gasteiger partial charge on any atom is -0.373 e. The second kappa shape index (κ2) is 8.43. The maximum atomic E-state index is 12.9. The Balaban J connectivity index is 1.71. The van der Waals surface area contributed by atoms with Crippen LogP contribution in [0.25, 0.3) is 0 Å². The van der Waals surface area contributed by atoms with Gasteiger partial charge in [0.05, 0.1) is 23.1 Å². The SMILES string of the molecule is C[C@H](NC(=O)c1ccc(S(=O)(=O)N2C[C@H](C)O[C@@H](C)C2)cc1)c1ccccc1. The minimum atomic E-state index is -3.61. The summed E-state index contributed by atoms with van der Waals surface area (Å²) in [6.07, 6.45) is -0.300. The van der Waals surface area contributed by atoms with Crippen LogP contribution in [0.15, 0.2) is 59.5 Å². The molecule has 1 aliphatic rings. The Morgan fingerprint density at radius 3 is 2.18 bits per heavy atom. The quantitative estimate of drug-likeness (QED) is 0.834. The molecule has 1 N–H and O–H groups in total. The van der Waals surface area contributed by atoms with Gasteiger partial charge in [0.15, 0.2) is 0 Å². The molecular weight excluding hydrogens is 376 g/mol. The average Bonchev–Trinajstić information content (AvgIpc) is 2.68. The smallest absolute Gasteiger partial charge is 0.251 e. The van der Waals surface area contributed by atoms with Crippen LogP contribution < -0.4 is 5.32 Å². The average molecular weight is 403 g/mol. The summed E-state index contributed by atoms with van der Waals surface area (Å²) in [6, 6.07) is 15.6. The first kappa shape index (κ1) is 20.5. The van der Waals surface area contributed by atoms with Gasteiger partial charge in [0.25, 0.3) is 5.91 Å². The zero-order valence-electron chi connectivity index (χ0n) is 16.3. The van der Waals surface area contributed by atoms with E-state index in [2.05, 4.69) is 5.32 Å². The molecule has 1 amide bonds. The summed E-state index contributed by atoms with van der Waals surface area (Å²) in [5, 5.41) is 2.93. The number of ether oxygens (including phenoxy) is 1. The second-order valence-corrected chi connectivity index (χ2v) is 9.15. The van der Waals surface area contributed by atoms with E-state index in [9.17, 15) is 13.2 Å². The van der Waals surface area contributed by atoms with Crippen molar-refractivity contribution in [3.63, 3.8) is 0 Å². The van der Waals surface area contributed by atoms with Crippen molar-refractivity contribution in [2.75, 3.05) is 13.1 Å². The Morgan fingerprint density at radius 1 is 1.04 bits per heavy atom. The van der Waals surface area contributed by atoms with Crippen LogP contribution in [-0.2, 0) is 14.8 Å². The van der Waals surface area contributed by atoms with Crippen LogP contribution in [0.2, 0.25) is 0 Å². The number of sulfonamides is 1. The van der Waals surface area contributed by atoms with Gasteiger partial charge >= 0.3 is 0 Å². The van der Waals surface area contributed by atoms with Crippen molar-refractivity contribution in [2.45, 2.75) is 43.9 Å². The highest BCUT2D eigenvalue weighted by Crippen LogP contribution is 2.22. The molecule has 0 spiro atoms. The van der Waals surface area contributed by atoms with Gasteiger partial charge in [-0.2, -0.15) is 4.31 Å². The van der Waals surface area contributed by atoms with Crippen LogP contribution in [0.5, 0.6) is 0 Å². The van der Waals surface area contributed by atoms with E-state index in [4.69, 9.17) is 4.74 Å². The van der Waals surface area contributed by atoms with Crippen molar-refractivity contribution in [1.82, 2.24) is 9.62 Å². The van der Waals surface area contributed by atoms with Gasteiger partial charge in [-0.3, -0.25) is 4.79 Å². The molecule has 1 aliphatic heterocycles. The molecule has 3 atom stereocenters. The van der Waals surface area contributed by atoms with Crippen molar-refractivity contribution in [2.24, 2.45) is 0 Å². The molecule has 0 bridgehead atoms. The number of nitrogens with zero attached hydrogens (tertiary/aromatic N) is 1. The number of carbonyl (C=O) groups is 1. The van der Waals surface area contributed by atoms with Crippen LogP contribution >= 0.6 is 0 Å². The van der Waals surface area contributed by atoms with E-state index in [-0.39, 0.29) is 29.1 Å². The molecule has 0 radical (unpaired) electrons. The first-order valence-corrected chi connectivity index (χ1v) is 10.8. The molecule has 1 fully saturated rings. The highest BCUT2D eigenvalue weighted by molar-refractivity contribution is 7.89. The summed E-state index contributed by atoms with van der Waals surface area (Å²) in [5.74, 6) is -0.242. The summed E-state index contributed by atoms with van der Waals surface area (Å²) in [7, 11) is -3.61. The second-order valence-electron chi connectivity index (χ2n) is 7.21. The van der Waals surface area contributed by atoms with E-state index in [1.807, 2.05) is 51.1 Å². The highest BCUT2D eigenvalue weighted by Gasteiger charge is 2.32. The Kier molecular flexibility index (Phi) is 6.17. The van der Waals surface area contributed by atoms with Crippen molar-refractivity contribution in [3.8, 4) is 0 Å². The van der Waals surface area contributed by atoms with Gasteiger partial charge in [0.2, 0.25) is 10.0 Å². The lowest BCUT2D eigenvalue weighted by molar-refractivity contribution is -0.0440. The molecule has 6 nitrogen and oxygen atoms in total. The molecule has 1 saturated heterocycles. The van der Waals surface area contributed by atoms with Crippen LogP contribution in [0.4, 0.5) is 0 Å². The number of hydrogen-bond donors (Lipinski definition) is 1. The van der Waals surface area contributed by atoms with Crippen LogP contribution in [0, 0.1) is 0 Å². The molecular formula is C21H26N2O4S. The van der Waals surface area contributed by atoms with E-state index < -0.39 is 10.0 Å². The van der Waals surface area contributed by atoms with Crippen LogP contribution in [0.1, 0.15) is 42.7 Å². The van der Waals surface area contributed by atoms with Crippen molar-refractivity contribution in [3.05, 3.63) is 65.7 Å². The standard InChI is InChI=1S/C21H26N2O4S/c1-15-13-23(14-16(2)27-15)28(25,26)20-11-9-19(10-12-20)21(24)22-17(3)18-7-5-4-6-8-18/h4-12,15-17H,13-14H2,1-3H3,(H,22,24)/t15-,16-,17-/m0/s1. The van der Waals surface area contributed by atoms with Gasteiger partial charge < -0.3 is 10.1 Å². The lowest BCUT2D eigenvalue weighted by Crippen LogP contribution is -2.48. The summed E-state index contributed by atoms with van der Waals surface area (Å²) in [4.78, 5) is 12.7. The van der Waals surface area contributed by atoms with Gasteiger partial charge in [0.1, 0.15) is 0 Å². The molecule has 2 aromatic carbocycles. The van der Waals surface area contributed by atoms with Crippen molar-refractivity contribution in [1.29, 1.82) is 0 Å².